The van der Waals surface area contributed by atoms with E-state index in [2.05, 4.69) is 19.2 Å². The van der Waals surface area contributed by atoms with Crippen molar-refractivity contribution in [3.63, 3.8) is 0 Å². The number of benzene rings is 2. The number of nitrogens with one attached hydrogen (secondary N) is 2. The van der Waals surface area contributed by atoms with Gasteiger partial charge in [0.15, 0.2) is 0 Å². The number of carbonyl (C=O) groups excluding carboxylic acids is 2. The average Bonchev–Trinajstić information content (AvgIpc) is 2.54. The van der Waals surface area contributed by atoms with Crippen molar-refractivity contribution in [3.05, 3.63) is 65.2 Å². The van der Waals surface area contributed by atoms with Crippen LogP contribution < -0.4 is 10.8 Å². The second kappa shape index (κ2) is 6.87. The number of hydroxylamine groups is 1. The summed E-state index contributed by atoms with van der Waals surface area (Å²) in [5.41, 5.74) is 4.19. The van der Waals surface area contributed by atoms with E-state index >= 15 is 0 Å². The highest BCUT2D eigenvalue weighted by Gasteiger charge is 2.08. The smallest absolute Gasteiger partial charge is 0.274 e. The van der Waals surface area contributed by atoms with E-state index in [1.807, 2.05) is 12.1 Å². The molecule has 0 heterocycles. The van der Waals surface area contributed by atoms with Crippen molar-refractivity contribution in [2.45, 2.75) is 19.8 Å². The summed E-state index contributed by atoms with van der Waals surface area (Å²) >= 11 is 0. The van der Waals surface area contributed by atoms with Gasteiger partial charge in [-0.3, -0.25) is 14.8 Å². The molecular weight excluding hydrogens is 280 g/mol. The van der Waals surface area contributed by atoms with Crippen LogP contribution in [0.5, 0.6) is 0 Å². The first-order valence-corrected chi connectivity index (χ1v) is 6.97. The molecule has 5 heteroatoms. The van der Waals surface area contributed by atoms with Crippen LogP contribution in [0.25, 0.3) is 0 Å². The summed E-state index contributed by atoms with van der Waals surface area (Å²) in [6.45, 7) is 4.19. The highest BCUT2D eigenvalue weighted by molar-refractivity contribution is 6.04. The Labute approximate surface area is 128 Å². The molecule has 0 fully saturated rings. The van der Waals surface area contributed by atoms with Crippen molar-refractivity contribution < 1.29 is 14.8 Å². The van der Waals surface area contributed by atoms with E-state index in [9.17, 15) is 9.59 Å². The van der Waals surface area contributed by atoms with Crippen LogP contribution in [0.3, 0.4) is 0 Å². The molecular formula is C17H18N2O3. The van der Waals surface area contributed by atoms with Crippen molar-refractivity contribution in [1.29, 1.82) is 0 Å². The second-order valence-corrected chi connectivity index (χ2v) is 5.25. The predicted molar refractivity (Wildman–Crippen MR) is 84.2 cm³/mol. The lowest BCUT2D eigenvalue weighted by Crippen LogP contribution is -2.18. The fourth-order valence-electron chi connectivity index (χ4n) is 1.99. The third-order valence-electron chi connectivity index (χ3n) is 3.35. The molecule has 0 aliphatic rings. The van der Waals surface area contributed by atoms with Crippen LogP contribution in [0.15, 0.2) is 48.5 Å². The highest BCUT2D eigenvalue weighted by atomic mass is 16.5. The molecule has 0 aromatic heterocycles. The molecule has 3 N–H and O–H groups in total. The standard InChI is InChI=1S/C17H18N2O3/c1-11(2)12-3-5-13(6-4-12)16(20)18-15-9-7-14(8-10-15)17(21)19-22/h3-11,22H,1-2H3,(H,18,20)(H,19,21). The van der Waals surface area contributed by atoms with E-state index in [0.717, 1.165) is 0 Å². The maximum atomic E-state index is 12.1. The van der Waals surface area contributed by atoms with E-state index in [-0.39, 0.29) is 5.91 Å². The summed E-state index contributed by atoms with van der Waals surface area (Å²) in [7, 11) is 0. The molecule has 0 bridgehead atoms. The predicted octanol–water partition coefficient (Wildman–Crippen LogP) is 3.18. The minimum Gasteiger partial charge on any atom is -0.322 e. The molecule has 22 heavy (non-hydrogen) atoms. The lowest BCUT2D eigenvalue weighted by Gasteiger charge is -2.08. The Hall–Kier alpha value is -2.66. The summed E-state index contributed by atoms with van der Waals surface area (Å²) in [5, 5.41) is 11.3. The van der Waals surface area contributed by atoms with Gasteiger partial charge in [0.05, 0.1) is 0 Å². The van der Waals surface area contributed by atoms with Crippen LogP contribution in [-0.4, -0.2) is 17.0 Å². The Balaban J connectivity index is 2.06. The topological polar surface area (TPSA) is 78.4 Å². The van der Waals surface area contributed by atoms with Gasteiger partial charge in [0.25, 0.3) is 11.8 Å². The van der Waals surface area contributed by atoms with Gasteiger partial charge in [0, 0.05) is 16.8 Å². The van der Waals surface area contributed by atoms with Crippen LogP contribution >= 0.6 is 0 Å². The summed E-state index contributed by atoms with van der Waals surface area (Å²) in [5.74, 6) is -0.390. The van der Waals surface area contributed by atoms with Crippen molar-refractivity contribution in [2.75, 3.05) is 5.32 Å². The molecule has 0 unspecified atom stereocenters. The normalized spacial score (nSPS) is 10.4. The summed E-state index contributed by atoms with van der Waals surface area (Å²) in [6.07, 6.45) is 0. The first-order valence-electron chi connectivity index (χ1n) is 6.97. The fraction of sp³-hybridized carbons (Fsp3) is 0.176. The lowest BCUT2D eigenvalue weighted by molar-refractivity contribution is 0.0706. The molecule has 2 aromatic carbocycles. The average molecular weight is 298 g/mol. The number of rotatable bonds is 4. The summed E-state index contributed by atoms with van der Waals surface area (Å²) in [4.78, 5) is 23.3. The molecule has 0 aliphatic carbocycles. The lowest BCUT2D eigenvalue weighted by atomic mass is 10.0. The Morgan fingerprint density at radius 2 is 1.36 bits per heavy atom. The van der Waals surface area contributed by atoms with Gasteiger partial charge in [-0.2, -0.15) is 0 Å². The molecule has 2 rings (SSSR count). The molecule has 0 aliphatic heterocycles. The summed E-state index contributed by atoms with van der Waals surface area (Å²) < 4.78 is 0. The maximum absolute atomic E-state index is 12.1. The SMILES string of the molecule is CC(C)c1ccc(C(=O)Nc2ccc(C(=O)NO)cc2)cc1. The number of hydrogen-bond acceptors (Lipinski definition) is 3. The van der Waals surface area contributed by atoms with Crippen LogP contribution in [0.2, 0.25) is 0 Å². The monoisotopic (exact) mass is 298 g/mol. The van der Waals surface area contributed by atoms with E-state index in [1.54, 1.807) is 29.7 Å². The molecule has 0 saturated heterocycles. The van der Waals surface area contributed by atoms with E-state index < -0.39 is 5.91 Å². The Kier molecular flexibility index (Phi) is 4.91. The van der Waals surface area contributed by atoms with Gasteiger partial charge in [-0.05, 0) is 47.9 Å². The van der Waals surface area contributed by atoms with Crippen molar-refractivity contribution >= 4 is 17.5 Å². The Bertz CT molecular complexity index is 661. The maximum Gasteiger partial charge on any atom is 0.274 e. The van der Waals surface area contributed by atoms with Crippen molar-refractivity contribution in [2.24, 2.45) is 0 Å². The summed E-state index contributed by atoms with van der Waals surface area (Å²) in [6, 6.07) is 13.7. The quantitative estimate of drug-likeness (QED) is 0.599. The van der Waals surface area contributed by atoms with E-state index in [0.29, 0.717) is 22.7 Å². The first-order chi connectivity index (χ1) is 10.5. The van der Waals surface area contributed by atoms with Crippen LogP contribution in [0.1, 0.15) is 46.0 Å². The Morgan fingerprint density at radius 1 is 0.864 bits per heavy atom. The third-order valence-corrected chi connectivity index (χ3v) is 3.35. The van der Waals surface area contributed by atoms with E-state index in [4.69, 9.17) is 5.21 Å². The first kappa shape index (κ1) is 15.7. The van der Waals surface area contributed by atoms with Crippen LogP contribution in [0, 0.1) is 0 Å². The van der Waals surface area contributed by atoms with Crippen molar-refractivity contribution in [3.8, 4) is 0 Å². The molecule has 0 radical (unpaired) electrons. The zero-order valence-electron chi connectivity index (χ0n) is 12.5. The van der Waals surface area contributed by atoms with Gasteiger partial charge >= 0.3 is 0 Å². The molecule has 2 aromatic rings. The molecule has 2 amide bonds. The van der Waals surface area contributed by atoms with E-state index in [1.165, 1.54) is 17.7 Å². The molecule has 0 saturated carbocycles. The number of amides is 2. The van der Waals surface area contributed by atoms with Gasteiger partial charge in [0.2, 0.25) is 0 Å². The zero-order chi connectivity index (χ0) is 16.1. The van der Waals surface area contributed by atoms with Crippen LogP contribution in [0.4, 0.5) is 5.69 Å². The van der Waals surface area contributed by atoms with Gasteiger partial charge < -0.3 is 5.32 Å². The third kappa shape index (κ3) is 3.71. The molecule has 0 atom stereocenters. The van der Waals surface area contributed by atoms with Gasteiger partial charge in [-0.25, -0.2) is 5.48 Å². The number of hydrogen-bond donors (Lipinski definition) is 3. The number of anilines is 1. The van der Waals surface area contributed by atoms with Gasteiger partial charge in [0.1, 0.15) is 0 Å². The highest BCUT2D eigenvalue weighted by Crippen LogP contribution is 2.16. The van der Waals surface area contributed by atoms with Gasteiger partial charge in [-0.15, -0.1) is 0 Å². The molecule has 0 spiro atoms. The Morgan fingerprint density at radius 3 is 1.86 bits per heavy atom. The minimum absolute atomic E-state index is 0.213. The second-order valence-electron chi connectivity index (χ2n) is 5.25. The largest absolute Gasteiger partial charge is 0.322 e. The van der Waals surface area contributed by atoms with Crippen LogP contribution in [-0.2, 0) is 0 Å². The zero-order valence-corrected chi connectivity index (χ0v) is 12.5. The molecule has 114 valence electrons. The number of carbonyl (C=O) groups is 2. The minimum atomic E-state index is -0.595. The fourth-order valence-corrected chi connectivity index (χ4v) is 1.99. The van der Waals surface area contributed by atoms with Crippen molar-refractivity contribution in [1.82, 2.24) is 5.48 Å². The van der Waals surface area contributed by atoms with Gasteiger partial charge in [-0.1, -0.05) is 26.0 Å². The molecule has 5 nitrogen and oxygen atoms in total.